The number of amides is 1. The first kappa shape index (κ1) is 10.5. The molecule has 0 aromatic heterocycles. The number of nitrogens with one attached hydrogen (secondary N) is 2. The molecule has 0 bridgehead atoms. The van der Waals surface area contributed by atoms with E-state index in [0.29, 0.717) is 10.6 Å². The van der Waals surface area contributed by atoms with Crippen molar-refractivity contribution >= 4 is 17.5 Å². The molecule has 2 rings (SSSR count). The van der Waals surface area contributed by atoms with Crippen LogP contribution in [0.4, 0.5) is 0 Å². The molecule has 1 amide bonds. The molecule has 0 radical (unpaired) electrons. The summed E-state index contributed by atoms with van der Waals surface area (Å²) < 4.78 is 0. The standard InChI is InChI=1S/C11H13ClN2O/c12-9-3-1-8(2-4-9)11(15)14-10-5-6-13-7-10/h1-4,10,13H,5-7H2,(H,14,15)/t10-/m0/s1. The van der Waals surface area contributed by atoms with Crippen molar-refractivity contribution in [2.45, 2.75) is 12.5 Å². The van der Waals surface area contributed by atoms with Gasteiger partial charge in [0.25, 0.3) is 5.91 Å². The Morgan fingerprint density at radius 1 is 1.40 bits per heavy atom. The van der Waals surface area contributed by atoms with Gasteiger partial charge in [0.1, 0.15) is 0 Å². The topological polar surface area (TPSA) is 41.1 Å². The first-order valence-corrected chi connectivity index (χ1v) is 5.40. The van der Waals surface area contributed by atoms with E-state index in [2.05, 4.69) is 10.6 Å². The summed E-state index contributed by atoms with van der Waals surface area (Å²) in [4.78, 5) is 11.7. The van der Waals surface area contributed by atoms with Crippen LogP contribution in [0.3, 0.4) is 0 Å². The highest BCUT2D eigenvalue weighted by molar-refractivity contribution is 6.30. The van der Waals surface area contributed by atoms with Gasteiger partial charge in [-0.05, 0) is 37.2 Å². The Morgan fingerprint density at radius 3 is 2.73 bits per heavy atom. The van der Waals surface area contributed by atoms with Gasteiger partial charge in [-0.3, -0.25) is 4.79 Å². The van der Waals surface area contributed by atoms with Gasteiger partial charge in [0, 0.05) is 23.2 Å². The number of rotatable bonds is 2. The normalized spacial score (nSPS) is 20.2. The van der Waals surface area contributed by atoms with Crippen molar-refractivity contribution in [3.8, 4) is 0 Å². The molecule has 2 N–H and O–H groups in total. The van der Waals surface area contributed by atoms with Crippen LogP contribution < -0.4 is 10.6 Å². The largest absolute Gasteiger partial charge is 0.348 e. The van der Waals surface area contributed by atoms with Crippen LogP contribution in [0.1, 0.15) is 16.8 Å². The number of benzene rings is 1. The fraction of sp³-hybridized carbons (Fsp3) is 0.364. The van der Waals surface area contributed by atoms with E-state index in [-0.39, 0.29) is 11.9 Å². The Hall–Kier alpha value is -1.06. The van der Waals surface area contributed by atoms with Gasteiger partial charge in [-0.2, -0.15) is 0 Å². The fourth-order valence-electron chi connectivity index (χ4n) is 1.65. The van der Waals surface area contributed by atoms with Crippen LogP contribution in [0.2, 0.25) is 5.02 Å². The maximum atomic E-state index is 11.7. The molecule has 1 aromatic rings. The lowest BCUT2D eigenvalue weighted by Crippen LogP contribution is -2.36. The minimum absolute atomic E-state index is 0.0274. The highest BCUT2D eigenvalue weighted by atomic mass is 35.5. The number of hydrogen-bond donors (Lipinski definition) is 2. The highest BCUT2D eigenvalue weighted by Gasteiger charge is 2.17. The Labute approximate surface area is 93.8 Å². The second kappa shape index (κ2) is 4.64. The van der Waals surface area contributed by atoms with Gasteiger partial charge in [0.05, 0.1) is 0 Å². The molecule has 0 saturated carbocycles. The minimum atomic E-state index is -0.0274. The van der Waals surface area contributed by atoms with E-state index in [9.17, 15) is 4.79 Å². The van der Waals surface area contributed by atoms with Crippen molar-refractivity contribution in [3.05, 3.63) is 34.9 Å². The Kier molecular flexibility index (Phi) is 3.23. The van der Waals surface area contributed by atoms with Gasteiger partial charge in [0.15, 0.2) is 0 Å². The first-order valence-electron chi connectivity index (χ1n) is 5.03. The second-order valence-electron chi connectivity index (χ2n) is 3.67. The molecule has 0 spiro atoms. The van der Waals surface area contributed by atoms with Gasteiger partial charge in [0.2, 0.25) is 0 Å². The van der Waals surface area contributed by atoms with Crippen LogP contribution in [0.25, 0.3) is 0 Å². The first-order chi connectivity index (χ1) is 7.25. The van der Waals surface area contributed by atoms with E-state index < -0.39 is 0 Å². The molecule has 1 atom stereocenters. The van der Waals surface area contributed by atoms with Crippen molar-refractivity contribution < 1.29 is 4.79 Å². The number of carbonyl (C=O) groups excluding carboxylic acids is 1. The predicted octanol–water partition coefficient (Wildman–Crippen LogP) is 1.43. The van der Waals surface area contributed by atoms with Gasteiger partial charge >= 0.3 is 0 Å². The van der Waals surface area contributed by atoms with Crippen molar-refractivity contribution in [3.63, 3.8) is 0 Å². The third-order valence-electron chi connectivity index (χ3n) is 2.50. The molecule has 1 saturated heterocycles. The summed E-state index contributed by atoms with van der Waals surface area (Å²) >= 11 is 5.74. The molecule has 15 heavy (non-hydrogen) atoms. The van der Waals surface area contributed by atoms with Gasteiger partial charge in [-0.25, -0.2) is 0 Å². The maximum absolute atomic E-state index is 11.7. The quantitative estimate of drug-likeness (QED) is 0.798. The highest BCUT2D eigenvalue weighted by Crippen LogP contribution is 2.10. The van der Waals surface area contributed by atoms with Crippen LogP contribution in [0.15, 0.2) is 24.3 Å². The van der Waals surface area contributed by atoms with E-state index in [1.807, 2.05) is 0 Å². The summed E-state index contributed by atoms with van der Waals surface area (Å²) in [5.74, 6) is -0.0274. The molecule has 1 fully saturated rings. The van der Waals surface area contributed by atoms with Gasteiger partial charge < -0.3 is 10.6 Å². The molecule has 1 aliphatic heterocycles. The lowest BCUT2D eigenvalue weighted by Gasteiger charge is -2.10. The van der Waals surface area contributed by atoms with E-state index in [0.717, 1.165) is 19.5 Å². The Bertz CT molecular complexity index is 344. The van der Waals surface area contributed by atoms with Crippen molar-refractivity contribution in [1.29, 1.82) is 0 Å². The van der Waals surface area contributed by atoms with Crippen molar-refractivity contribution in [2.75, 3.05) is 13.1 Å². The van der Waals surface area contributed by atoms with Crippen LogP contribution >= 0.6 is 11.6 Å². The monoisotopic (exact) mass is 224 g/mol. The zero-order valence-corrected chi connectivity index (χ0v) is 9.05. The molecule has 1 aromatic carbocycles. The summed E-state index contributed by atoms with van der Waals surface area (Å²) in [6, 6.07) is 7.18. The summed E-state index contributed by atoms with van der Waals surface area (Å²) in [5.41, 5.74) is 0.659. The average molecular weight is 225 g/mol. The molecule has 0 aliphatic carbocycles. The molecule has 1 aliphatic rings. The molecule has 4 heteroatoms. The predicted molar refractivity (Wildman–Crippen MR) is 60.2 cm³/mol. The number of halogens is 1. The Morgan fingerprint density at radius 2 is 2.13 bits per heavy atom. The van der Waals surface area contributed by atoms with Crippen molar-refractivity contribution in [1.82, 2.24) is 10.6 Å². The molecule has 0 unspecified atom stereocenters. The fourth-order valence-corrected chi connectivity index (χ4v) is 1.77. The number of hydrogen-bond acceptors (Lipinski definition) is 2. The summed E-state index contributed by atoms with van der Waals surface area (Å²) in [6.45, 7) is 1.84. The zero-order valence-electron chi connectivity index (χ0n) is 8.29. The zero-order chi connectivity index (χ0) is 10.7. The molecule has 3 nitrogen and oxygen atoms in total. The number of carbonyl (C=O) groups is 1. The molecule has 1 heterocycles. The second-order valence-corrected chi connectivity index (χ2v) is 4.11. The maximum Gasteiger partial charge on any atom is 0.251 e. The minimum Gasteiger partial charge on any atom is -0.348 e. The Balaban J connectivity index is 1.98. The lowest BCUT2D eigenvalue weighted by atomic mass is 10.2. The summed E-state index contributed by atoms with van der Waals surface area (Å²) in [7, 11) is 0. The molecule has 80 valence electrons. The summed E-state index contributed by atoms with van der Waals surface area (Å²) in [6.07, 6.45) is 0.999. The molecular weight excluding hydrogens is 212 g/mol. The average Bonchev–Trinajstić information content (AvgIpc) is 2.71. The SMILES string of the molecule is O=C(N[C@H]1CCNC1)c1ccc(Cl)cc1. The molecular formula is C11H13ClN2O. The van der Waals surface area contributed by atoms with Crippen LogP contribution in [-0.4, -0.2) is 25.0 Å². The smallest absolute Gasteiger partial charge is 0.251 e. The lowest BCUT2D eigenvalue weighted by molar-refractivity contribution is 0.0940. The van der Waals surface area contributed by atoms with Crippen LogP contribution in [0, 0.1) is 0 Å². The van der Waals surface area contributed by atoms with Gasteiger partial charge in [-0.15, -0.1) is 0 Å². The van der Waals surface area contributed by atoms with Crippen LogP contribution in [0.5, 0.6) is 0 Å². The third-order valence-corrected chi connectivity index (χ3v) is 2.75. The van der Waals surface area contributed by atoms with Gasteiger partial charge in [-0.1, -0.05) is 11.6 Å². The van der Waals surface area contributed by atoms with E-state index in [1.165, 1.54) is 0 Å². The summed E-state index contributed by atoms with van der Waals surface area (Å²) in [5, 5.41) is 6.82. The van der Waals surface area contributed by atoms with E-state index in [1.54, 1.807) is 24.3 Å². The van der Waals surface area contributed by atoms with E-state index >= 15 is 0 Å². The van der Waals surface area contributed by atoms with Crippen LogP contribution in [-0.2, 0) is 0 Å². The third kappa shape index (κ3) is 2.70. The van der Waals surface area contributed by atoms with Crippen molar-refractivity contribution in [2.24, 2.45) is 0 Å². The van der Waals surface area contributed by atoms with E-state index in [4.69, 9.17) is 11.6 Å².